The Balaban J connectivity index is 1.33. The van der Waals surface area contributed by atoms with Gasteiger partial charge in [-0.1, -0.05) is 12.1 Å². The van der Waals surface area contributed by atoms with E-state index >= 15 is 0 Å². The zero-order valence-electron chi connectivity index (χ0n) is 19.7. The number of ether oxygens (including phenoxy) is 2. The lowest BCUT2D eigenvalue weighted by Crippen LogP contribution is -2.49. The number of aryl methyl sites for hydroxylation is 1. The van der Waals surface area contributed by atoms with Gasteiger partial charge in [-0.3, -0.25) is 29.4 Å². The fourth-order valence-corrected chi connectivity index (χ4v) is 4.84. The highest BCUT2D eigenvalue weighted by Crippen LogP contribution is 2.36. The van der Waals surface area contributed by atoms with Crippen molar-refractivity contribution in [2.75, 3.05) is 23.9 Å². The predicted octanol–water partition coefficient (Wildman–Crippen LogP) is 0.968. The van der Waals surface area contributed by atoms with Gasteiger partial charge in [0.05, 0.1) is 19.2 Å². The van der Waals surface area contributed by atoms with Crippen LogP contribution in [0.2, 0.25) is 0 Å². The van der Waals surface area contributed by atoms with E-state index in [1.165, 1.54) is 12.0 Å². The van der Waals surface area contributed by atoms with Gasteiger partial charge in [0.1, 0.15) is 17.8 Å². The molecule has 0 saturated carbocycles. The number of nitrogens with zero attached hydrogens (tertiary/aromatic N) is 1. The number of methoxy groups -OCH3 is 1. The van der Waals surface area contributed by atoms with Gasteiger partial charge in [0.25, 0.3) is 11.8 Å². The maximum absolute atomic E-state index is 13.1. The van der Waals surface area contributed by atoms with Crippen LogP contribution >= 0.6 is 0 Å². The van der Waals surface area contributed by atoms with Gasteiger partial charge in [-0.05, 0) is 47.9 Å². The van der Waals surface area contributed by atoms with Crippen LogP contribution in [0.15, 0.2) is 36.4 Å². The average Bonchev–Trinajstić information content (AvgIpc) is 3.33. The topological polar surface area (TPSA) is 143 Å². The molecule has 186 valence electrons. The highest BCUT2D eigenvalue weighted by atomic mass is 16.5. The number of benzene rings is 2. The molecule has 0 bridgehead atoms. The first kappa shape index (κ1) is 23.3. The number of hydrogen-bond acceptors (Lipinski definition) is 7. The van der Waals surface area contributed by atoms with Crippen molar-refractivity contribution >= 4 is 41.1 Å². The van der Waals surface area contributed by atoms with Crippen molar-refractivity contribution in [3.05, 3.63) is 53.1 Å². The molecule has 1 spiro atoms. The third-order valence-corrected chi connectivity index (χ3v) is 6.59. The van der Waals surface area contributed by atoms with Crippen molar-refractivity contribution in [3.63, 3.8) is 0 Å². The van der Waals surface area contributed by atoms with Crippen LogP contribution in [0.4, 0.5) is 16.2 Å². The number of amides is 5. The second kappa shape index (κ2) is 8.67. The Labute approximate surface area is 206 Å². The number of carbonyl (C=O) groups is 5. The van der Waals surface area contributed by atoms with Crippen LogP contribution in [-0.2, 0) is 36.8 Å². The van der Waals surface area contributed by atoms with E-state index in [0.717, 1.165) is 16.7 Å². The molecular weight excluding hydrogens is 468 g/mol. The Morgan fingerprint density at radius 3 is 2.64 bits per heavy atom. The summed E-state index contributed by atoms with van der Waals surface area (Å²) in [5.41, 5.74) is 2.55. The predicted molar refractivity (Wildman–Crippen MR) is 126 cm³/mol. The lowest BCUT2D eigenvalue weighted by molar-refractivity contribution is -0.145. The highest BCUT2D eigenvalue weighted by Gasteiger charge is 2.50. The summed E-state index contributed by atoms with van der Waals surface area (Å²) >= 11 is 0. The number of fused-ring (bicyclic) bond motifs is 2. The molecule has 3 N–H and O–H groups in total. The summed E-state index contributed by atoms with van der Waals surface area (Å²) in [7, 11) is 1.23. The van der Waals surface area contributed by atoms with E-state index < -0.39 is 35.5 Å². The zero-order valence-corrected chi connectivity index (χ0v) is 19.7. The van der Waals surface area contributed by atoms with Crippen LogP contribution in [-0.4, -0.2) is 55.0 Å². The average molecular weight is 492 g/mol. The summed E-state index contributed by atoms with van der Waals surface area (Å²) < 4.78 is 10.4. The Bertz CT molecular complexity index is 1320. The number of nitrogens with one attached hydrogen (secondary N) is 3. The van der Waals surface area contributed by atoms with E-state index in [2.05, 4.69) is 20.7 Å². The van der Waals surface area contributed by atoms with Crippen molar-refractivity contribution in [1.29, 1.82) is 0 Å². The maximum Gasteiger partial charge on any atom is 0.322 e. The smallest absolute Gasteiger partial charge is 0.322 e. The lowest BCUT2D eigenvalue weighted by Gasteiger charge is -2.33. The number of hydrogen-bond donors (Lipinski definition) is 3. The Hall–Kier alpha value is -4.41. The molecule has 0 aromatic heterocycles. The molecule has 2 unspecified atom stereocenters. The quantitative estimate of drug-likeness (QED) is 0.417. The van der Waals surface area contributed by atoms with Crippen LogP contribution in [0, 0.1) is 6.92 Å². The molecule has 2 aromatic carbocycles. The van der Waals surface area contributed by atoms with Crippen molar-refractivity contribution < 1.29 is 33.4 Å². The number of carbonyl (C=O) groups excluding carboxylic acids is 5. The third-order valence-electron chi connectivity index (χ3n) is 6.59. The molecule has 2 aromatic rings. The van der Waals surface area contributed by atoms with Gasteiger partial charge in [0.2, 0.25) is 5.91 Å². The second-order valence-electron chi connectivity index (χ2n) is 9.16. The Morgan fingerprint density at radius 1 is 1.14 bits per heavy atom. The summed E-state index contributed by atoms with van der Waals surface area (Å²) in [6.07, 6.45) is -0.705. The molecule has 5 rings (SSSR count). The van der Waals surface area contributed by atoms with Gasteiger partial charge in [-0.15, -0.1) is 0 Å². The number of imide groups is 1. The maximum atomic E-state index is 13.1. The number of anilines is 2. The SMILES string of the molecule is COC(=O)CC1Oc2ccc(C)cc2N(CC(=O)Nc2ccc3c(c2)CC2(C3)NC(=O)NC2=O)C1=O. The van der Waals surface area contributed by atoms with E-state index in [-0.39, 0.29) is 18.9 Å². The van der Waals surface area contributed by atoms with Gasteiger partial charge in [0.15, 0.2) is 6.10 Å². The minimum atomic E-state index is -1.11. The first-order valence-electron chi connectivity index (χ1n) is 11.4. The van der Waals surface area contributed by atoms with E-state index in [9.17, 15) is 24.0 Å². The molecule has 1 fully saturated rings. The molecule has 2 aliphatic heterocycles. The van der Waals surface area contributed by atoms with Gasteiger partial charge < -0.3 is 20.1 Å². The monoisotopic (exact) mass is 492 g/mol. The van der Waals surface area contributed by atoms with E-state index in [0.29, 0.717) is 30.0 Å². The van der Waals surface area contributed by atoms with Crippen LogP contribution in [0.5, 0.6) is 5.75 Å². The highest BCUT2D eigenvalue weighted by molar-refractivity contribution is 6.08. The second-order valence-corrected chi connectivity index (χ2v) is 9.16. The third kappa shape index (κ3) is 4.12. The standard InChI is InChI=1S/C25H24N4O7/c1-13-3-6-18-17(7-13)29(22(32)19(36-18)9-21(31)35-2)12-20(30)26-16-5-4-14-10-25(11-15(14)8-16)23(33)27-24(34)28-25/h3-8,19H,9-12H2,1-2H3,(H,26,30)(H2,27,28,33,34). The van der Waals surface area contributed by atoms with Crippen molar-refractivity contribution in [2.45, 2.75) is 37.8 Å². The van der Waals surface area contributed by atoms with Gasteiger partial charge in [0, 0.05) is 18.5 Å². The molecular formula is C25H24N4O7. The largest absolute Gasteiger partial charge is 0.478 e. The van der Waals surface area contributed by atoms with Crippen LogP contribution in [0.1, 0.15) is 23.1 Å². The van der Waals surface area contributed by atoms with Crippen LogP contribution in [0.25, 0.3) is 0 Å². The Morgan fingerprint density at radius 2 is 1.92 bits per heavy atom. The normalized spacial score (nSPS) is 21.9. The minimum Gasteiger partial charge on any atom is -0.478 e. The van der Waals surface area contributed by atoms with Gasteiger partial charge in [-0.2, -0.15) is 0 Å². The molecule has 5 amide bonds. The summed E-state index contributed by atoms with van der Waals surface area (Å²) in [5.74, 6) is -1.55. The lowest BCUT2D eigenvalue weighted by atomic mass is 9.96. The molecule has 0 radical (unpaired) electrons. The van der Waals surface area contributed by atoms with Crippen molar-refractivity contribution in [1.82, 2.24) is 10.6 Å². The van der Waals surface area contributed by atoms with Crippen molar-refractivity contribution in [2.24, 2.45) is 0 Å². The molecule has 11 nitrogen and oxygen atoms in total. The molecule has 3 aliphatic rings. The molecule has 2 atom stereocenters. The summed E-state index contributed by atoms with van der Waals surface area (Å²) in [5, 5.41) is 7.78. The summed E-state index contributed by atoms with van der Waals surface area (Å²) in [6, 6.07) is 10.0. The summed E-state index contributed by atoms with van der Waals surface area (Å²) in [6.45, 7) is 1.56. The summed E-state index contributed by atoms with van der Waals surface area (Å²) in [4.78, 5) is 63.1. The number of rotatable bonds is 5. The first-order valence-corrected chi connectivity index (χ1v) is 11.4. The molecule has 11 heteroatoms. The van der Waals surface area contributed by atoms with E-state index in [1.807, 2.05) is 19.1 Å². The van der Waals surface area contributed by atoms with Gasteiger partial charge >= 0.3 is 12.0 Å². The number of esters is 1. The van der Waals surface area contributed by atoms with E-state index in [4.69, 9.17) is 4.74 Å². The number of urea groups is 1. The van der Waals surface area contributed by atoms with Crippen LogP contribution in [0.3, 0.4) is 0 Å². The Kier molecular flexibility index (Phi) is 5.62. The first-order chi connectivity index (χ1) is 17.2. The molecule has 1 aliphatic carbocycles. The minimum absolute atomic E-state index is 0.280. The molecule has 1 saturated heterocycles. The molecule has 2 heterocycles. The fraction of sp³-hybridized carbons (Fsp3) is 0.320. The van der Waals surface area contributed by atoms with Gasteiger partial charge in [-0.25, -0.2) is 4.79 Å². The van der Waals surface area contributed by atoms with Crippen LogP contribution < -0.4 is 25.6 Å². The van der Waals surface area contributed by atoms with E-state index in [1.54, 1.807) is 24.3 Å². The van der Waals surface area contributed by atoms with Crippen molar-refractivity contribution in [3.8, 4) is 5.75 Å². The molecule has 36 heavy (non-hydrogen) atoms. The fourth-order valence-electron chi connectivity index (χ4n) is 4.84. The zero-order chi connectivity index (χ0) is 25.6.